The number of carbonyl (C=O) groups is 1. The molecule has 2 aromatic carbocycles. The van der Waals surface area contributed by atoms with Crippen molar-refractivity contribution in [3.8, 4) is 22.8 Å². The molecule has 0 aliphatic rings. The summed E-state index contributed by atoms with van der Waals surface area (Å²) in [4.78, 5) is 14.2. The van der Waals surface area contributed by atoms with Gasteiger partial charge in [-0.25, -0.2) is 0 Å². The molecular weight excluding hydrogens is 356 g/mol. The molecule has 0 saturated carbocycles. The topological polar surface area (TPSA) is 64.8 Å². The van der Waals surface area contributed by atoms with Gasteiger partial charge in [0.05, 0.1) is 26.3 Å². The fourth-order valence-corrected chi connectivity index (χ4v) is 2.81. The van der Waals surface area contributed by atoms with Gasteiger partial charge in [0.2, 0.25) is 5.91 Å². The molecule has 1 amide bonds. The van der Waals surface area contributed by atoms with Crippen molar-refractivity contribution in [1.82, 2.24) is 10.1 Å². The van der Waals surface area contributed by atoms with E-state index in [2.05, 4.69) is 5.16 Å². The molecule has 0 radical (unpaired) electrons. The van der Waals surface area contributed by atoms with Gasteiger partial charge in [0, 0.05) is 25.2 Å². The van der Waals surface area contributed by atoms with Crippen LogP contribution in [0.2, 0.25) is 0 Å². The number of amides is 1. The lowest BCUT2D eigenvalue weighted by molar-refractivity contribution is -0.129. The van der Waals surface area contributed by atoms with E-state index in [1.807, 2.05) is 48.5 Å². The van der Waals surface area contributed by atoms with Crippen LogP contribution in [0.4, 0.5) is 0 Å². The zero-order chi connectivity index (χ0) is 19.9. The number of methoxy groups -OCH3 is 2. The normalized spacial score (nSPS) is 10.5. The van der Waals surface area contributed by atoms with E-state index in [0.717, 1.165) is 29.0 Å². The Kier molecular flexibility index (Phi) is 6.32. The molecule has 0 N–H and O–H groups in total. The molecule has 0 unspecified atom stereocenters. The van der Waals surface area contributed by atoms with E-state index in [0.29, 0.717) is 18.0 Å². The third-order valence-corrected chi connectivity index (χ3v) is 4.57. The average molecular weight is 380 g/mol. The summed E-state index contributed by atoms with van der Waals surface area (Å²) in [5.74, 6) is 2.18. The maximum atomic E-state index is 12.5. The van der Waals surface area contributed by atoms with Crippen molar-refractivity contribution in [1.29, 1.82) is 0 Å². The highest BCUT2D eigenvalue weighted by molar-refractivity contribution is 5.78. The van der Waals surface area contributed by atoms with Gasteiger partial charge in [0.15, 0.2) is 5.76 Å². The first kappa shape index (κ1) is 19.5. The van der Waals surface area contributed by atoms with Crippen molar-refractivity contribution in [3.05, 3.63) is 65.9 Å². The summed E-state index contributed by atoms with van der Waals surface area (Å²) in [6.07, 6.45) is 0.979. The maximum absolute atomic E-state index is 12.5. The second kappa shape index (κ2) is 9.08. The van der Waals surface area contributed by atoms with E-state index < -0.39 is 0 Å². The van der Waals surface area contributed by atoms with E-state index in [9.17, 15) is 4.79 Å². The molecule has 0 spiro atoms. The summed E-state index contributed by atoms with van der Waals surface area (Å²) in [6.45, 7) is 0.631. The Balaban J connectivity index is 1.55. The van der Waals surface area contributed by atoms with Crippen LogP contribution in [0, 0.1) is 0 Å². The zero-order valence-electron chi connectivity index (χ0n) is 16.3. The highest BCUT2D eigenvalue weighted by atomic mass is 16.5. The third kappa shape index (κ3) is 4.91. The molecule has 0 aliphatic carbocycles. The minimum absolute atomic E-state index is 0.000922. The number of rotatable bonds is 8. The quantitative estimate of drug-likeness (QED) is 0.597. The summed E-state index contributed by atoms with van der Waals surface area (Å²) in [5.41, 5.74) is 2.62. The van der Waals surface area contributed by atoms with Crippen LogP contribution in [0.5, 0.6) is 11.5 Å². The summed E-state index contributed by atoms with van der Waals surface area (Å²) in [5, 5.41) is 4.03. The first-order valence-corrected chi connectivity index (χ1v) is 9.06. The van der Waals surface area contributed by atoms with E-state index in [1.165, 1.54) is 0 Å². The number of ether oxygens (including phenoxy) is 2. The van der Waals surface area contributed by atoms with E-state index in [4.69, 9.17) is 14.0 Å². The molecule has 3 rings (SSSR count). The van der Waals surface area contributed by atoms with Crippen LogP contribution in [0.25, 0.3) is 11.3 Å². The van der Waals surface area contributed by atoms with Gasteiger partial charge in [0.25, 0.3) is 0 Å². The monoisotopic (exact) mass is 380 g/mol. The SMILES string of the molecule is COc1ccc(CCN(C)C(=O)Cc2cc(-c3cccc(OC)c3)on2)cc1. The van der Waals surface area contributed by atoms with Gasteiger partial charge in [0.1, 0.15) is 11.5 Å². The molecule has 1 aromatic heterocycles. The number of nitrogens with zero attached hydrogens (tertiary/aromatic N) is 2. The van der Waals surface area contributed by atoms with Crippen LogP contribution in [-0.2, 0) is 17.6 Å². The second-order valence-corrected chi connectivity index (χ2v) is 6.50. The lowest BCUT2D eigenvalue weighted by Gasteiger charge is -2.16. The molecule has 0 saturated heterocycles. The van der Waals surface area contributed by atoms with Crippen molar-refractivity contribution in [3.63, 3.8) is 0 Å². The molecule has 6 nitrogen and oxygen atoms in total. The summed E-state index contributed by atoms with van der Waals surface area (Å²) in [6, 6.07) is 17.2. The Morgan fingerprint density at radius 3 is 2.50 bits per heavy atom. The molecule has 0 fully saturated rings. The Labute approximate surface area is 164 Å². The number of hydrogen-bond acceptors (Lipinski definition) is 5. The fraction of sp³-hybridized carbons (Fsp3) is 0.273. The predicted octanol–water partition coefficient (Wildman–Crippen LogP) is 3.60. The summed E-state index contributed by atoms with van der Waals surface area (Å²) in [7, 11) is 5.06. The van der Waals surface area contributed by atoms with Crippen LogP contribution in [0.1, 0.15) is 11.3 Å². The van der Waals surface area contributed by atoms with Crippen LogP contribution in [0.15, 0.2) is 59.1 Å². The largest absolute Gasteiger partial charge is 0.497 e. The van der Waals surface area contributed by atoms with Gasteiger partial charge >= 0.3 is 0 Å². The van der Waals surface area contributed by atoms with Gasteiger partial charge in [-0.05, 0) is 36.2 Å². The molecule has 0 bridgehead atoms. The average Bonchev–Trinajstić information content (AvgIpc) is 3.20. The first-order valence-electron chi connectivity index (χ1n) is 9.06. The van der Waals surface area contributed by atoms with Crippen molar-refractivity contribution >= 4 is 5.91 Å². The van der Waals surface area contributed by atoms with Crippen molar-refractivity contribution < 1.29 is 18.8 Å². The van der Waals surface area contributed by atoms with Gasteiger partial charge in [-0.3, -0.25) is 4.79 Å². The number of aromatic nitrogens is 1. The van der Waals surface area contributed by atoms with E-state index in [1.54, 1.807) is 32.2 Å². The number of benzene rings is 2. The standard InChI is InChI=1S/C22H24N2O4/c1-24(12-11-16-7-9-19(26-2)10-8-16)22(25)15-18-14-21(28-23-18)17-5-4-6-20(13-17)27-3/h4-10,13-14H,11-12,15H2,1-3H3. The van der Waals surface area contributed by atoms with Crippen LogP contribution >= 0.6 is 0 Å². The number of hydrogen-bond donors (Lipinski definition) is 0. The molecule has 0 aliphatic heterocycles. The molecule has 3 aromatic rings. The lowest BCUT2D eigenvalue weighted by atomic mass is 10.1. The first-order chi connectivity index (χ1) is 13.6. The third-order valence-electron chi connectivity index (χ3n) is 4.57. The van der Waals surface area contributed by atoms with Crippen molar-refractivity contribution in [2.75, 3.05) is 27.8 Å². The van der Waals surface area contributed by atoms with Crippen LogP contribution in [0.3, 0.4) is 0 Å². The molecule has 146 valence electrons. The smallest absolute Gasteiger partial charge is 0.228 e. The fourth-order valence-electron chi connectivity index (χ4n) is 2.81. The van der Waals surface area contributed by atoms with Crippen molar-refractivity contribution in [2.24, 2.45) is 0 Å². The molecular formula is C22H24N2O4. The van der Waals surface area contributed by atoms with Gasteiger partial charge < -0.3 is 18.9 Å². The molecule has 6 heteroatoms. The minimum atomic E-state index is -0.000922. The number of carbonyl (C=O) groups excluding carboxylic acids is 1. The second-order valence-electron chi connectivity index (χ2n) is 6.50. The molecule has 0 atom stereocenters. The Bertz CT molecular complexity index is 918. The van der Waals surface area contributed by atoms with Crippen LogP contribution in [-0.4, -0.2) is 43.8 Å². The summed E-state index contributed by atoms with van der Waals surface area (Å²) >= 11 is 0. The highest BCUT2D eigenvalue weighted by Crippen LogP contribution is 2.24. The van der Waals surface area contributed by atoms with Crippen molar-refractivity contribution in [2.45, 2.75) is 12.8 Å². The maximum Gasteiger partial charge on any atom is 0.228 e. The predicted molar refractivity (Wildman–Crippen MR) is 107 cm³/mol. The Morgan fingerprint density at radius 2 is 1.79 bits per heavy atom. The van der Waals surface area contributed by atoms with E-state index >= 15 is 0 Å². The van der Waals surface area contributed by atoms with Crippen LogP contribution < -0.4 is 9.47 Å². The van der Waals surface area contributed by atoms with Gasteiger partial charge in [-0.15, -0.1) is 0 Å². The molecule has 28 heavy (non-hydrogen) atoms. The molecule has 1 heterocycles. The lowest BCUT2D eigenvalue weighted by Crippen LogP contribution is -2.30. The minimum Gasteiger partial charge on any atom is -0.497 e. The van der Waals surface area contributed by atoms with Gasteiger partial charge in [-0.1, -0.05) is 29.4 Å². The highest BCUT2D eigenvalue weighted by Gasteiger charge is 2.14. The van der Waals surface area contributed by atoms with Gasteiger partial charge in [-0.2, -0.15) is 0 Å². The van der Waals surface area contributed by atoms with E-state index in [-0.39, 0.29) is 12.3 Å². The summed E-state index contributed by atoms with van der Waals surface area (Å²) < 4.78 is 15.8. The zero-order valence-corrected chi connectivity index (χ0v) is 16.3. The Morgan fingerprint density at radius 1 is 1.04 bits per heavy atom. The Hall–Kier alpha value is -3.28. The number of likely N-dealkylation sites (N-methyl/N-ethyl adjacent to an activating group) is 1.